The lowest BCUT2D eigenvalue weighted by atomic mass is 10.1. The number of carbonyl (C=O) groups excluding carboxylic acids is 1. The quantitative estimate of drug-likeness (QED) is 0.445. The Morgan fingerprint density at radius 3 is 2.07 bits per heavy atom. The van der Waals surface area contributed by atoms with Gasteiger partial charge in [-0.3, -0.25) is 4.79 Å². The van der Waals surface area contributed by atoms with Crippen molar-refractivity contribution < 1.29 is 29.7 Å². The maximum absolute atomic E-state index is 11.0. The summed E-state index contributed by atoms with van der Waals surface area (Å²) in [6, 6.07) is -1.82. The average Bonchev–Trinajstić information content (AvgIpc) is 2.13. The number of nitrogens with one attached hydrogen (secondary N) is 1. The van der Waals surface area contributed by atoms with E-state index in [1.807, 2.05) is 5.32 Å². The third-order valence-electron chi connectivity index (χ3n) is 1.63. The molecule has 86 valence electrons. The highest BCUT2D eigenvalue weighted by atomic mass is 16.4. The van der Waals surface area contributed by atoms with E-state index in [4.69, 9.17) is 15.3 Å². The zero-order valence-corrected chi connectivity index (χ0v) is 8.14. The van der Waals surface area contributed by atoms with Crippen LogP contribution < -0.4 is 5.32 Å². The molecule has 0 bridgehead atoms. The monoisotopic (exact) mass is 219 g/mol. The molecule has 0 radical (unpaired) electrons. The first kappa shape index (κ1) is 13.4. The van der Waals surface area contributed by atoms with Crippen LogP contribution in [0, 0.1) is 0 Å². The second-order valence-electron chi connectivity index (χ2n) is 2.92. The summed E-state index contributed by atoms with van der Waals surface area (Å²) < 4.78 is 0. The zero-order chi connectivity index (χ0) is 12.0. The van der Waals surface area contributed by atoms with Crippen molar-refractivity contribution in [2.75, 3.05) is 0 Å². The lowest BCUT2D eigenvalue weighted by Gasteiger charge is -2.16. The molecule has 1 amide bonds. The molecule has 7 heteroatoms. The molecule has 0 fully saturated rings. The SMILES string of the molecule is CCCC(=O)N[C@H](C(=O)O)C(O)C(=O)O. The summed E-state index contributed by atoms with van der Waals surface area (Å²) in [7, 11) is 0. The Balaban J connectivity index is 4.48. The van der Waals surface area contributed by atoms with Gasteiger partial charge >= 0.3 is 11.9 Å². The van der Waals surface area contributed by atoms with Crippen LogP contribution in [0.5, 0.6) is 0 Å². The van der Waals surface area contributed by atoms with Gasteiger partial charge in [-0.2, -0.15) is 0 Å². The molecule has 0 aromatic heterocycles. The van der Waals surface area contributed by atoms with E-state index in [1.165, 1.54) is 0 Å². The van der Waals surface area contributed by atoms with Gasteiger partial charge in [0.15, 0.2) is 12.1 Å². The maximum Gasteiger partial charge on any atom is 0.335 e. The number of aliphatic hydroxyl groups is 1. The fraction of sp³-hybridized carbons (Fsp3) is 0.625. The van der Waals surface area contributed by atoms with Gasteiger partial charge in [-0.1, -0.05) is 6.92 Å². The Hall–Kier alpha value is -1.63. The number of hydrogen-bond acceptors (Lipinski definition) is 4. The largest absolute Gasteiger partial charge is 0.480 e. The molecule has 15 heavy (non-hydrogen) atoms. The summed E-state index contributed by atoms with van der Waals surface area (Å²) in [6.07, 6.45) is -1.57. The second-order valence-corrected chi connectivity index (χ2v) is 2.92. The number of hydrogen-bond donors (Lipinski definition) is 4. The maximum atomic E-state index is 11.0. The van der Waals surface area contributed by atoms with E-state index < -0.39 is 30.0 Å². The van der Waals surface area contributed by atoms with Crippen LogP contribution in [0.4, 0.5) is 0 Å². The van der Waals surface area contributed by atoms with Crippen LogP contribution in [0.15, 0.2) is 0 Å². The van der Waals surface area contributed by atoms with Crippen LogP contribution >= 0.6 is 0 Å². The molecule has 1 unspecified atom stereocenters. The summed E-state index contributed by atoms with van der Waals surface area (Å²) in [5.41, 5.74) is 0. The van der Waals surface area contributed by atoms with Crippen molar-refractivity contribution >= 4 is 17.8 Å². The molecule has 0 aliphatic heterocycles. The van der Waals surface area contributed by atoms with Crippen molar-refractivity contribution in [1.82, 2.24) is 5.32 Å². The molecule has 0 saturated heterocycles. The molecule has 4 N–H and O–H groups in total. The van der Waals surface area contributed by atoms with Gasteiger partial charge in [0.05, 0.1) is 0 Å². The first-order chi connectivity index (χ1) is 6.90. The number of carboxylic acid groups (broad SMARTS) is 2. The molecule has 0 spiro atoms. The minimum absolute atomic E-state index is 0.0795. The summed E-state index contributed by atoms with van der Waals surface area (Å²) in [5.74, 6) is -3.89. The molecule has 0 aliphatic rings. The van der Waals surface area contributed by atoms with Crippen LogP contribution in [0.3, 0.4) is 0 Å². The second kappa shape index (κ2) is 5.97. The van der Waals surface area contributed by atoms with Gasteiger partial charge < -0.3 is 20.6 Å². The third-order valence-corrected chi connectivity index (χ3v) is 1.63. The van der Waals surface area contributed by atoms with Gasteiger partial charge in [-0.05, 0) is 6.42 Å². The predicted octanol–water partition coefficient (Wildman–Crippen LogP) is -1.20. The van der Waals surface area contributed by atoms with Gasteiger partial charge in [0.25, 0.3) is 0 Å². The highest BCUT2D eigenvalue weighted by Gasteiger charge is 2.33. The van der Waals surface area contributed by atoms with Crippen LogP contribution in [0.1, 0.15) is 19.8 Å². The summed E-state index contributed by atoms with van der Waals surface area (Å²) in [5, 5.41) is 27.9. The molecular weight excluding hydrogens is 206 g/mol. The Morgan fingerprint density at radius 2 is 1.73 bits per heavy atom. The van der Waals surface area contributed by atoms with Crippen molar-refractivity contribution in [3.8, 4) is 0 Å². The van der Waals surface area contributed by atoms with Gasteiger partial charge in [-0.25, -0.2) is 9.59 Å². The summed E-state index contributed by atoms with van der Waals surface area (Å²) in [6.45, 7) is 1.71. The molecule has 0 aromatic rings. The normalized spacial score (nSPS) is 14.0. The minimum Gasteiger partial charge on any atom is -0.480 e. The standard InChI is InChI=1S/C8H13NO6/c1-2-3-4(10)9-5(7(12)13)6(11)8(14)15/h5-6,11H,2-3H2,1H3,(H,9,10)(H,12,13)(H,14,15)/t5-,6?/m0/s1. The lowest BCUT2D eigenvalue weighted by molar-refractivity contribution is -0.157. The van der Waals surface area contributed by atoms with E-state index in [-0.39, 0.29) is 6.42 Å². The van der Waals surface area contributed by atoms with Crippen molar-refractivity contribution in [3.05, 3.63) is 0 Å². The fourth-order valence-electron chi connectivity index (χ4n) is 0.891. The molecule has 0 aliphatic carbocycles. The van der Waals surface area contributed by atoms with E-state index >= 15 is 0 Å². The van der Waals surface area contributed by atoms with E-state index in [0.29, 0.717) is 6.42 Å². The predicted molar refractivity (Wildman–Crippen MR) is 48.1 cm³/mol. The lowest BCUT2D eigenvalue weighted by Crippen LogP contribution is -2.51. The highest BCUT2D eigenvalue weighted by Crippen LogP contribution is 1.97. The number of aliphatic carboxylic acids is 2. The fourth-order valence-corrected chi connectivity index (χ4v) is 0.891. The van der Waals surface area contributed by atoms with E-state index in [1.54, 1.807) is 6.92 Å². The molecule has 2 atom stereocenters. The first-order valence-corrected chi connectivity index (χ1v) is 4.33. The van der Waals surface area contributed by atoms with Crippen LogP contribution in [-0.2, 0) is 14.4 Å². The number of amides is 1. The number of carbonyl (C=O) groups is 3. The number of rotatable bonds is 6. The average molecular weight is 219 g/mol. The number of aliphatic hydroxyl groups excluding tert-OH is 1. The van der Waals surface area contributed by atoms with E-state index in [9.17, 15) is 14.4 Å². The minimum atomic E-state index is -2.15. The van der Waals surface area contributed by atoms with Crippen molar-refractivity contribution in [3.63, 3.8) is 0 Å². The van der Waals surface area contributed by atoms with E-state index in [0.717, 1.165) is 0 Å². The van der Waals surface area contributed by atoms with Crippen LogP contribution in [-0.4, -0.2) is 45.3 Å². The Morgan fingerprint density at radius 1 is 1.20 bits per heavy atom. The molecule has 0 saturated carbocycles. The van der Waals surface area contributed by atoms with Gasteiger partial charge in [0.2, 0.25) is 5.91 Å². The summed E-state index contributed by atoms with van der Waals surface area (Å²) >= 11 is 0. The molecular formula is C8H13NO6. The van der Waals surface area contributed by atoms with Crippen molar-refractivity contribution in [2.45, 2.75) is 31.9 Å². The molecule has 0 aromatic carbocycles. The Bertz CT molecular complexity index is 264. The summed E-state index contributed by atoms with van der Waals surface area (Å²) in [4.78, 5) is 31.9. The van der Waals surface area contributed by atoms with Crippen LogP contribution in [0.25, 0.3) is 0 Å². The van der Waals surface area contributed by atoms with Crippen LogP contribution in [0.2, 0.25) is 0 Å². The Labute approximate surface area is 85.7 Å². The first-order valence-electron chi connectivity index (χ1n) is 4.33. The molecule has 0 heterocycles. The zero-order valence-electron chi connectivity index (χ0n) is 8.14. The highest BCUT2D eigenvalue weighted by molar-refractivity contribution is 5.89. The van der Waals surface area contributed by atoms with Gasteiger partial charge in [0.1, 0.15) is 0 Å². The smallest absolute Gasteiger partial charge is 0.335 e. The van der Waals surface area contributed by atoms with E-state index in [2.05, 4.69) is 0 Å². The topological polar surface area (TPSA) is 124 Å². The Kier molecular flexibility index (Phi) is 5.32. The van der Waals surface area contributed by atoms with Gasteiger partial charge in [0, 0.05) is 6.42 Å². The van der Waals surface area contributed by atoms with Crippen molar-refractivity contribution in [1.29, 1.82) is 0 Å². The molecule has 7 nitrogen and oxygen atoms in total. The third kappa shape index (κ3) is 4.41. The van der Waals surface area contributed by atoms with Crippen molar-refractivity contribution in [2.24, 2.45) is 0 Å². The van der Waals surface area contributed by atoms with Gasteiger partial charge in [-0.15, -0.1) is 0 Å². The number of carboxylic acids is 2. The molecule has 0 rings (SSSR count).